The van der Waals surface area contributed by atoms with Crippen molar-refractivity contribution in [3.63, 3.8) is 0 Å². The fraction of sp³-hybridized carbons (Fsp3) is 0.286. The number of esters is 1. The van der Waals surface area contributed by atoms with E-state index in [0.29, 0.717) is 21.5 Å². The summed E-state index contributed by atoms with van der Waals surface area (Å²) in [5.41, 5.74) is 7.70. The predicted molar refractivity (Wildman–Crippen MR) is 146 cm³/mol. The van der Waals surface area contributed by atoms with Crippen LogP contribution in [0.5, 0.6) is 0 Å². The number of thiol groups is 1. The van der Waals surface area contributed by atoms with Crippen LogP contribution >= 0.6 is 41.0 Å². The Morgan fingerprint density at radius 3 is 2.46 bits per heavy atom. The first-order valence-electron chi connectivity index (χ1n) is 10.0. The minimum atomic E-state index is -1.95. The van der Waals surface area contributed by atoms with Crippen molar-refractivity contribution in [1.29, 1.82) is 0 Å². The normalized spacial score (nSPS) is 13.3. The molecule has 2 aromatic carbocycles. The SMILES string of the molecule is COC(=O)c1ccc(CN(C/C(N)=C/N(C)S(C)(C)Cl)P(N=O)c2cc([N+](=O)[O-])ccc2S)cc1. The maximum atomic E-state index is 12.1. The van der Waals surface area contributed by atoms with E-state index in [-0.39, 0.29) is 18.8 Å². The summed E-state index contributed by atoms with van der Waals surface area (Å²) in [4.78, 5) is 38.4. The van der Waals surface area contributed by atoms with Crippen LogP contribution in [-0.2, 0) is 11.3 Å². The first-order chi connectivity index (χ1) is 16.4. The molecule has 14 heteroatoms. The molecule has 0 aliphatic heterocycles. The van der Waals surface area contributed by atoms with Crippen molar-refractivity contribution in [2.45, 2.75) is 11.4 Å². The summed E-state index contributed by atoms with van der Waals surface area (Å²) < 4.78 is 8.26. The van der Waals surface area contributed by atoms with Gasteiger partial charge in [-0.25, -0.2) is 9.46 Å². The largest absolute Gasteiger partial charge is 0.465 e. The van der Waals surface area contributed by atoms with Crippen LogP contribution in [0, 0.1) is 15.0 Å². The summed E-state index contributed by atoms with van der Waals surface area (Å²) in [6.45, 7) is 0.354. The number of carbonyl (C=O) groups is 1. The quantitative estimate of drug-likeness (QED) is 0.101. The maximum Gasteiger partial charge on any atom is 0.337 e. The zero-order valence-corrected chi connectivity index (χ0v) is 23.0. The van der Waals surface area contributed by atoms with Crippen LogP contribution in [0.1, 0.15) is 15.9 Å². The van der Waals surface area contributed by atoms with Crippen LogP contribution in [0.15, 0.2) is 64.2 Å². The molecule has 0 spiro atoms. The summed E-state index contributed by atoms with van der Waals surface area (Å²) in [6, 6.07) is 10.8. The highest BCUT2D eigenvalue weighted by Crippen LogP contribution is 2.49. The molecule has 35 heavy (non-hydrogen) atoms. The number of carbonyl (C=O) groups excluding carboxylic acids is 1. The highest BCUT2D eigenvalue weighted by atomic mass is 35.7. The standard InChI is InChI=1S/C21H27ClN5O5PS2/c1-25(35(3,4)22)13-17(23)14-26(12-15-5-7-16(8-6-15)21(28)32-2)33(24-29)19-11-18(27(30)31)9-10-20(19)34/h5-11,13,34H,12,14,23H2,1-4H3/b17-13-. The van der Waals surface area contributed by atoms with Gasteiger partial charge in [-0.2, -0.15) is 0 Å². The first-order valence-corrected chi connectivity index (χ1v) is 14.9. The highest BCUT2D eigenvalue weighted by Gasteiger charge is 2.27. The number of hydrogen-bond acceptors (Lipinski definition) is 10. The van der Waals surface area contributed by atoms with E-state index in [1.54, 1.807) is 46.5 Å². The van der Waals surface area contributed by atoms with Crippen molar-refractivity contribution < 1.29 is 14.5 Å². The molecule has 0 radical (unpaired) electrons. The van der Waals surface area contributed by atoms with Gasteiger partial charge in [0.05, 0.1) is 17.6 Å². The van der Waals surface area contributed by atoms with Crippen molar-refractivity contribution in [2.75, 3.05) is 33.2 Å². The van der Waals surface area contributed by atoms with Crippen molar-refractivity contribution in [3.05, 3.63) is 80.5 Å². The second-order valence-electron chi connectivity index (χ2n) is 7.71. The molecule has 2 aromatic rings. The number of halogens is 1. The lowest BCUT2D eigenvalue weighted by Gasteiger charge is -2.34. The minimum absolute atomic E-state index is 0.128. The number of rotatable bonds is 11. The molecule has 0 fully saturated rings. The second kappa shape index (κ2) is 12.5. The number of nitro groups is 1. The monoisotopic (exact) mass is 559 g/mol. The summed E-state index contributed by atoms with van der Waals surface area (Å²) >= 11 is 4.41. The Morgan fingerprint density at radius 1 is 1.31 bits per heavy atom. The van der Waals surface area contributed by atoms with E-state index >= 15 is 0 Å². The number of hydrogen-bond donors (Lipinski definition) is 2. The number of nitrogens with zero attached hydrogens (tertiary/aromatic N) is 4. The Hall–Kier alpha value is -2.37. The van der Waals surface area contributed by atoms with Crippen molar-refractivity contribution in [3.8, 4) is 0 Å². The van der Waals surface area contributed by atoms with Gasteiger partial charge in [0.25, 0.3) is 5.69 Å². The molecule has 0 aliphatic carbocycles. The number of nitro benzene ring substituents is 1. The number of nitroso groups, excluding NO2 is 1. The number of ether oxygens (including phenoxy) is 1. The van der Waals surface area contributed by atoms with E-state index in [1.807, 2.05) is 12.5 Å². The number of nitrogens with two attached hydrogens (primary N) is 1. The van der Waals surface area contributed by atoms with Crippen LogP contribution < -0.4 is 11.0 Å². The predicted octanol–water partition coefficient (Wildman–Crippen LogP) is 4.74. The third-order valence-corrected chi connectivity index (χ3v) is 9.34. The molecule has 1 unspecified atom stereocenters. The fourth-order valence-corrected chi connectivity index (χ4v) is 5.44. The summed E-state index contributed by atoms with van der Waals surface area (Å²) in [5.74, 6) is -0.470. The average Bonchev–Trinajstić information content (AvgIpc) is 2.79. The van der Waals surface area contributed by atoms with Crippen molar-refractivity contribution >= 4 is 57.9 Å². The molecule has 2 rings (SSSR count). The van der Waals surface area contributed by atoms with Gasteiger partial charge in [-0.1, -0.05) is 21.6 Å². The molecule has 0 saturated carbocycles. The molecular weight excluding hydrogens is 533 g/mol. The van der Waals surface area contributed by atoms with Gasteiger partial charge in [0.15, 0.2) is 8.22 Å². The van der Waals surface area contributed by atoms with E-state index < -0.39 is 28.5 Å². The Labute approximate surface area is 216 Å². The van der Waals surface area contributed by atoms with Gasteiger partial charge < -0.3 is 14.8 Å². The van der Waals surface area contributed by atoms with Crippen molar-refractivity contribution in [2.24, 2.45) is 10.7 Å². The highest BCUT2D eigenvalue weighted by molar-refractivity contribution is 8.48. The smallest absolute Gasteiger partial charge is 0.337 e. The van der Waals surface area contributed by atoms with E-state index in [2.05, 4.69) is 17.6 Å². The van der Waals surface area contributed by atoms with Crippen LogP contribution in [0.2, 0.25) is 0 Å². The minimum Gasteiger partial charge on any atom is -0.465 e. The van der Waals surface area contributed by atoms with Gasteiger partial charge in [-0.15, -0.1) is 17.5 Å². The zero-order chi connectivity index (χ0) is 26.3. The Kier molecular flexibility index (Phi) is 10.3. The third kappa shape index (κ3) is 8.08. The molecule has 0 aromatic heterocycles. The molecule has 190 valence electrons. The fourth-order valence-electron chi connectivity index (χ4n) is 2.91. The molecule has 1 atom stereocenters. The van der Waals surface area contributed by atoms with Gasteiger partial charge in [0, 0.05) is 54.4 Å². The Balaban J connectivity index is 2.48. The van der Waals surface area contributed by atoms with E-state index in [1.165, 1.54) is 25.3 Å². The number of benzene rings is 2. The number of non-ortho nitro benzene ring substituents is 1. The van der Waals surface area contributed by atoms with Gasteiger partial charge in [0.1, 0.15) is 0 Å². The lowest BCUT2D eigenvalue weighted by atomic mass is 10.1. The summed E-state index contributed by atoms with van der Waals surface area (Å²) in [7, 11) is 5.99. The molecule has 0 heterocycles. The molecule has 0 aliphatic rings. The summed E-state index contributed by atoms with van der Waals surface area (Å²) in [5, 5.41) is 11.7. The van der Waals surface area contributed by atoms with Crippen LogP contribution in [-0.4, -0.2) is 53.1 Å². The molecule has 10 nitrogen and oxygen atoms in total. The van der Waals surface area contributed by atoms with Gasteiger partial charge in [-0.05, 0) is 51.9 Å². The average molecular weight is 560 g/mol. The molecule has 0 amide bonds. The van der Waals surface area contributed by atoms with E-state index in [9.17, 15) is 19.8 Å². The van der Waals surface area contributed by atoms with E-state index in [0.717, 1.165) is 5.56 Å². The topological polar surface area (TPSA) is 131 Å². The molecular formula is C21H27ClN5O5PS2. The second-order valence-corrected chi connectivity index (χ2v) is 15.1. The Bertz CT molecular complexity index is 1110. The van der Waals surface area contributed by atoms with Gasteiger partial charge >= 0.3 is 5.97 Å². The zero-order valence-electron chi connectivity index (χ0n) is 19.6. The number of methoxy groups -OCH3 is 1. The first kappa shape index (κ1) is 28.9. The van der Waals surface area contributed by atoms with Crippen LogP contribution in [0.4, 0.5) is 5.69 Å². The third-order valence-electron chi connectivity index (χ3n) is 4.87. The maximum absolute atomic E-state index is 12.1. The lowest BCUT2D eigenvalue weighted by Crippen LogP contribution is -2.28. The Morgan fingerprint density at radius 2 is 1.94 bits per heavy atom. The molecule has 0 saturated heterocycles. The van der Waals surface area contributed by atoms with Crippen LogP contribution in [0.3, 0.4) is 0 Å². The van der Waals surface area contributed by atoms with Crippen LogP contribution in [0.25, 0.3) is 0 Å². The summed E-state index contributed by atoms with van der Waals surface area (Å²) in [6.07, 6.45) is 5.47. The van der Waals surface area contributed by atoms with Crippen molar-refractivity contribution in [1.82, 2.24) is 8.98 Å². The molecule has 2 N–H and O–H groups in total. The van der Waals surface area contributed by atoms with E-state index in [4.69, 9.17) is 21.2 Å². The van der Waals surface area contributed by atoms with Gasteiger partial charge in [0.2, 0.25) is 0 Å². The van der Waals surface area contributed by atoms with Gasteiger partial charge in [-0.3, -0.25) is 10.1 Å². The molecule has 0 bridgehead atoms. The lowest BCUT2D eigenvalue weighted by molar-refractivity contribution is -0.384.